The van der Waals surface area contributed by atoms with Crippen LogP contribution in [0, 0.1) is 5.82 Å². The summed E-state index contributed by atoms with van der Waals surface area (Å²) in [5, 5.41) is 3.08. The van der Waals surface area contributed by atoms with Crippen LogP contribution >= 0.6 is 11.6 Å². The van der Waals surface area contributed by atoms with E-state index < -0.39 is 6.10 Å². The molecule has 0 saturated heterocycles. The Kier molecular flexibility index (Phi) is 5.22. The van der Waals surface area contributed by atoms with Gasteiger partial charge in [0.05, 0.1) is 12.1 Å². The Bertz CT molecular complexity index is 661. The van der Waals surface area contributed by atoms with E-state index in [1.165, 1.54) is 31.4 Å². The van der Waals surface area contributed by atoms with Gasteiger partial charge in [-0.1, -0.05) is 11.6 Å². The normalized spacial score (nSPS) is 11.6. The number of methoxy groups -OCH3 is 1. The van der Waals surface area contributed by atoms with Crippen LogP contribution in [0.4, 0.5) is 10.1 Å². The molecule has 2 rings (SSSR count). The molecule has 0 unspecified atom stereocenters. The molecule has 2 aromatic carbocycles. The molecule has 1 amide bonds. The van der Waals surface area contributed by atoms with Crippen LogP contribution in [0.25, 0.3) is 0 Å². The minimum Gasteiger partial charge on any atom is -0.495 e. The van der Waals surface area contributed by atoms with E-state index in [0.717, 1.165) is 0 Å². The van der Waals surface area contributed by atoms with Crippen LogP contribution in [0.1, 0.15) is 6.92 Å². The molecule has 22 heavy (non-hydrogen) atoms. The number of anilines is 1. The first-order chi connectivity index (χ1) is 10.5. The first-order valence-electron chi connectivity index (χ1n) is 6.56. The summed E-state index contributed by atoms with van der Waals surface area (Å²) in [6, 6.07) is 10.4. The molecular weight excluding hydrogens is 309 g/mol. The van der Waals surface area contributed by atoms with E-state index in [4.69, 9.17) is 21.1 Å². The van der Waals surface area contributed by atoms with Crippen molar-refractivity contribution in [1.29, 1.82) is 0 Å². The van der Waals surface area contributed by atoms with Gasteiger partial charge in [-0.15, -0.1) is 0 Å². The number of nitrogens with one attached hydrogen (secondary N) is 1. The highest BCUT2D eigenvalue weighted by Crippen LogP contribution is 2.27. The van der Waals surface area contributed by atoms with Gasteiger partial charge in [0.2, 0.25) is 0 Å². The number of hydrogen-bond acceptors (Lipinski definition) is 3. The Balaban J connectivity index is 1.99. The lowest BCUT2D eigenvalue weighted by Crippen LogP contribution is -2.30. The minimum absolute atomic E-state index is 0.342. The second-order valence-corrected chi connectivity index (χ2v) is 4.96. The van der Waals surface area contributed by atoms with Crippen LogP contribution in [-0.4, -0.2) is 19.1 Å². The van der Waals surface area contributed by atoms with Crippen LogP contribution in [0.15, 0.2) is 42.5 Å². The number of rotatable bonds is 5. The highest BCUT2D eigenvalue weighted by atomic mass is 35.5. The Labute approximate surface area is 132 Å². The summed E-state index contributed by atoms with van der Waals surface area (Å²) in [6.45, 7) is 1.60. The fourth-order valence-corrected chi connectivity index (χ4v) is 2.02. The standard InChI is InChI=1S/C16H15ClFNO3/c1-10(22-13-6-3-11(18)4-7-13)16(20)19-12-5-8-15(21-2)14(17)9-12/h3-10H,1-2H3,(H,19,20)/t10-/m1/s1. The predicted molar refractivity (Wildman–Crippen MR) is 83.1 cm³/mol. The van der Waals surface area contributed by atoms with Gasteiger partial charge in [-0.2, -0.15) is 0 Å². The number of benzene rings is 2. The van der Waals surface area contributed by atoms with Gasteiger partial charge in [0.15, 0.2) is 6.10 Å². The Morgan fingerprint density at radius 1 is 1.23 bits per heavy atom. The van der Waals surface area contributed by atoms with E-state index >= 15 is 0 Å². The van der Waals surface area contributed by atoms with Gasteiger partial charge in [0.25, 0.3) is 5.91 Å². The summed E-state index contributed by atoms with van der Waals surface area (Å²) in [7, 11) is 1.51. The molecule has 4 nitrogen and oxygen atoms in total. The molecule has 116 valence electrons. The van der Waals surface area contributed by atoms with Crippen molar-refractivity contribution in [1.82, 2.24) is 0 Å². The van der Waals surface area contributed by atoms with Gasteiger partial charge in [-0.05, 0) is 49.4 Å². The molecule has 0 heterocycles. The Hall–Kier alpha value is -2.27. The number of ether oxygens (including phenoxy) is 2. The van der Waals surface area contributed by atoms with Gasteiger partial charge in [0, 0.05) is 5.69 Å². The van der Waals surface area contributed by atoms with E-state index in [9.17, 15) is 9.18 Å². The Morgan fingerprint density at radius 3 is 2.50 bits per heavy atom. The van der Waals surface area contributed by atoms with Crippen molar-refractivity contribution < 1.29 is 18.7 Å². The molecule has 1 atom stereocenters. The third-order valence-corrected chi connectivity index (χ3v) is 3.21. The molecule has 0 aliphatic carbocycles. The molecule has 6 heteroatoms. The maximum Gasteiger partial charge on any atom is 0.265 e. The Morgan fingerprint density at radius 2 is 1.91 bits per heavy atom. The maximum atomic E-state index is 12.8. The molecule has 0 radical (unpaired) electrons. The number of halogens is 2. The fraction of sp³-hybridized carbons (Fsp3) is 0.188. The zero-order valence-corrected chi connectivity index (χ0v) is 12.9. The van der Waals surface area contributed by atoms with Crippen molar-refractivity contribution in [3.63, 3.8) is 0 Å². The lowest BCUT2D eigenvalue weighted by atomic mass is 10.2. The minimum atomic E-state index is -0.744. The van der Waals surface area contributed by atoms with Gasteiger partial charge in [-0.3, -0.25) is 4.79 Å². The monoisotopic (exact) mass is 323 g/mol. The van der Waals surface area contributed by atoms with Crippen LogP contribution in [0.3, 0.4) is 0 Å². The highest BCUT2D eigenvalue weighted by Gasteiger charge is 2.15. The molecular formula is C16H15ClFNO3. The molecule has 0 bridgehead atoms. The first-order valence-corrected chi connectivity index (χ1v) is 6.94. The fourth-order valence-electron chi connectivity index (χ4n) is 1.76. The average Bonchev–Trinajstić information content (AvgIpc) is 2.49. The van der Waals surface area contributed by atoms with Crippen molar-refractivity contribution in [3.8, 4) is 11.5 Å². The van der Waals surface area contributed by atoms with E-state index in [-0.39, 0.29) is 11.7 Å². The van der Waals surface area contributed by atoms with Crippen LogP contribution < -0.4 is 14.8 Å². The van der Waals surface area contributed by atoms with Crippen molar-refractivity contribution in [3.05, 3.63) is 53.3 Å². The van der Waals surface area contributed by atoms with E-state index in [2.05, 4.69) is 5.32 Å². The summed E-state index contributed by atoms with van der Waals surface area (Å²) in [6.07, 6.45) is -0.744. The number of amides is 1. The van der Waals surface area contributed by atoms with Crippen molar-refractivity contribution >= 4 is 23.2 Å². The number of hydrogen-bond donors (Lipinski definition) is 1. The third kappa shape index (κ3) is 4.11. The molecule has 0 spiro atoms. The first kappa shape index (κ1) is 16.1. The van der Waals surface area contributed by atoms with Crippen molar-refractivity contribution in [2.75, 3.05) is 12.4 Å². The third-order valence-electron chi connectivity index (χ3n) is 2.92. The summed E-state index contributed by atoms with van der Waals surface area (Å²) in [5.41, 5.74) is 0.533. The van der Waals surface area contributed by atoms with Gasteiger partial charge < -0.3 is 14.8 Å². The molecule has 0 aliphatic rings. The topological polar surface area (TPSA) is 47.6 Å². The largest absolute Gasteiger partial charge is 0.495 e. The van der Waals surface area contributed by atoms with Crippen LogP contribution in [0.2, 0.25) is 5.02 Å². The summed E-state index contributed by atoms with van der Waals surface area (Å²) in [5.74, 6) is 0.231. The van der Waals surface area contributed by atoms with Gasteiger partial charge in [0.1, 0.15) is 17.3 Å². The zero-order chi connectivity index (χ0) is 16.1. The van der Waals surface area contributed by atoms with Gasteiger partial charge >= 0.3 is 0 Å². The summed E-state index contributed by atoms with van der Waals surface area (Å²) >= 11 is 5.99. The SMILES string of the molecule is COc1ccc(NC(=O)[C@@H](C)Oc2ccc(F)cc2)cc1Cl. The lowest BCUT2D eigenvalue weighted by Gasteiger charge is -2.15. The van der Waals surface area contributed by atoms with Crippen molar-refractivity contribution in [2.45, 2.75) is 13.0 Å². The van der Waals surface area contributed by atoms with E-state index in [1.54, 1.807) is 25.1 Å². The number of carbonyl (C=O) groups is 1. The molecule has 0 aromatic heterocycles. The van der Waals surface area contributed by atoms with E-state index in [1.807, 2.05) is 0 Å². The molecule has 0 fully saturated rings. The number of carbonyl (C=O) groups excluding carboxylic acids is 1. The molecule has 0 saturated carbocycles. The zero-order valence-electron chi connectivity index (χ0n) is 12.1. The van der Waals surface area contributed by atoms with Crippen molar-refractivity contribution in [2.24, 2.45) is 0 Å². The molecule has 1 N–H and O–H groups in total. The molecule has 2 aromatic rings. The summed E-state index contributed by atoms with van der Waals surface area (Å²) in [4.78, 5) is 12.1. The highest BCUT2D eigenvalue weighted by molar-refractivity contribution is 6.32. The van der Waals surface area contributed by atoms with Gasteiger partial charge in [-0.25, -0.2) is 4.39 Å². The lowest BCUT2D eigenvalue weighted by molar-refractivity contribution is -0.122. The second kappa shape index (κ2) is 7.13. The second-order valence-electron chi connectivity index (χ2n) is 4.55. The van der Waals surface area contributed by atoms with E-state index in [0.29, 0.717) is 22.2 Å². The van der Waals surface area contributed by atoms with Crippen LogP contribution in [-0.2, 0) is 4.79 Å². The predicted octanol–water partition coefficient (Wildman–Crippen LogP) is 3.89. The smallest absolute Gasteiger partial charge is 0.265 e. The maximum absolute atomic E-state index is 12.8. The average molecular weight is 324 g/mol. The quantitative estimate of drug-likeness (QED) is 0.908. The summed E-state index contributed by atoms with van der Waals surface area (Å²) < 4.78 is 23.3. The molecule has 0 aliphatic heterocycles. The van der Waals surface area contributed by atoms with Crippen LogP contribution in [0.5, 0.6) is 11.5 Å².